The molecule has 0 aromatic heterocycles. The van der Waals surface area contributed by atoms with Gasteiger partial charge in [-0.2, -0.15) is 0 Å². The maximum absolute atomic E-state index is 12.2. The third-order valence-electron chi connectivity index (χ3n) is 5.44. The van der Waals surface area contributed by atoms with Crippen LogP contribution in [-0.2, 0) is 14.3 Å². The van der Waals surface area contributed by atoms with Gasteiger partial charge in [-0.1, -0.05) is 0 Å². The Morgan fingerprint density at radius 3 is 1.79 bits per heavy atom. The summed E-state index contributed by atoms with van der Waals surface area (Å²) in [6.45, 7) is 7.26. The first kappa shape index (κ1) is 27.5. The summed E-state index contributed by atoms with van der Waals surface area (Å²) in [5.74, 6) is -0.893. The van der Waals surface area contributed by atoms with Gasteiger partial charge in [-0.25, -0.2) is 0 Å². The number of carbonyl (C=O) groups excluding carboxylic acids is 1. The topological polar surface area (TPSA) is 63.6 Å². The number of hydrogen-bond acceptors (Lipinski definition) is 3. The molecule has 4 nitrogen and oxygen atoms in total. The number of unbranched alkanes of at least 4 members (excludes halogenated alkanes) is 7. The van der Waals surface area contributed by atoms with Gasteiger partial charge in [-0.15, -0.1) is 0 Å². The van der Waals surface area contributed by atoms with Crippen LogP contribution in [0.1, 0.15) is 97.8 Å². The molecule has 0 fully saturated rings. The SMILES string of the molecule is CCC[CH2][Sn](/[CH]=C/C(=O)OCCCCCCCC(=O)O)([CH2]CCC)[CH2]CCC. The zero-order valence-electron chi connectivity index (χ0n) is 18.6. The van der Waals surface area contributed by atoms with Crippen LogP contribution in [0.2, 0.25) is 13.3 Å². The second-order valence-corrected chi connectivity index (χ2v) is 21.1. The van der Waals surface area contributed by atoms with Crippen LogP contribution in [0.3, 0.4) is 0 Å². The Morgan fingerprint density at radius 2 is 1.29 bits per heavy atom. The molecule has 0 rings (SSSR count). The predicted molar refractivity (Wildman–Crippen MR) is 120 cm³/mol. The molecule has 0 spiro atoms. The van der Waals surface area contributed by atoms with E-state index in [0.717, 1.165) is 32.1 Å². The zero-order chi connectivity index (χ0) is 21.1. The van der Waals surface area contributed by atoms with Crippen LogP contribution in [0.4, 0.5) is 0 Å². The first-order chi connectivity index (χ1) is 13.5. The average Bonchev–Trinajstić information content (AvgIpc) is 2.68. The molecule has 0 aliphatic rings. The Labute approximate surface area is 177 Å². The van der Waals surface area contributed by atoms with Crippen molar-refractivity contribution in [3.05, 3.63) is 10.2 Å². The molecule has 0 aromatic carbocycles. The molecular formula is C23H44O4Sn. The van der Waals surface area contributed by atoms with E-state index in [1.165, 1.54) is 51.8 Å². The van der Waals surface area contributed by atoms with Crippen molar-refractivity contribution in [2.24, 2.45) is 0 Å². The van der Waals surface area contributed by atoms with Crippen LogP contribution in [0, 0.1) is 0 Å². The van der Waals surface area contributed by atoms with Gasteiger partial charge in [0.2, 0.25) is 0 Å². The predicted octanol–water partition coefficient (Wildman–Crippen LogP) is 6.90. The molecule has 0 aromatic rings. The second-order valence-electron chi connectivity index (χ2n) is 8.09. The van der Waals surface area contributed by atoms with Crippen LogP contribution in [0.25, 0.3) is 0 Å². The maximum atomic E-state index is 12.2. The van der Waals surface area contributed by atoms with E-state index in [1.807, 2.05) is 0 Å². The molecule has 0 atom stereocenters. The van der Waals surface area contributed by atoms with Gasteiger partial charge in [0.05, 0.1) is 0 Å². The minimum absolute atomic E-state index is 0.170. The van der Waals surface area contributed by atoms with E-state index in [2.05, 4.69) is 24.9 Å². The van der Waals surface area contributed by atoms with Crippen LogP contribution in [0.5, 0.6) is 0 Å². The second kappa shape index (κ2) is 18.5. The zero-order valence-corrected chi connectivity index (χ0v) is 21.5. The van der Waals surface area contributed by atoms with Crippen molar-refractivity contribution in [2.75, 3.05) is 6.61 Å². The molecule has 0 heterocycles. The van der Waals surface area contributed by atoms with Crippen molar-refractivity contribution < 1.29 is 19.4 Å². The molecule has 0 saturated carbocycles. The number of carbonyl (C=O) groups is 2. The third kappa shape index (κ3) is 15.4. The minimum atomic E-state index is -2.39. The molecule has 0 aliphatic heterocycles. The van der Waals surface area contributed by atoms with Crippen molar-refractivity contribution in [3.8, 4) is 0 Å². The normalized spacial score (nSPS) is 11.8. The van der Waals surface area contributed by atoms with Gasteiger partial charge in [0.25, 0.3) is 0 Å². The third-order valence-corrected chi connectivity index (χ3v) is 19.5. The van der Waals surface area contributed by atoms with Gasteiger partial charge in [-0.3, -0.25) is 4.79 Å². The van der Waals surface area contributed by atoms with E-state index in [0.29, 0.717) is 6.61 Å². The van der Waals surface area contributed by atoms with E-state index >= 15 is 0 Å². The molecule has 0 aliphatic carbocycles. The fraction of sp³-hybridized carbons (Fsp3) is 0.826. The first-order valence-corrected chi connectivity index (χ1v) is 19.3. The molecule has 28 heavy (non-hydrogen) atoms. The van der Waals surface area contributed by atoms with Crippen molar-refractivity contribution >= 4 is 30.3 Å². The van der Waals surface area contributed by atoms with Crippen molar-refractivity contribution in [2.45, 2.75) is 111 Å². The molecule has 0 unspecified atom stereocenters. The van der Waals surface area contributed by atoms with Crippen molar-refractivity contribution in [1.82, 2.24) is 0 Å². The summed E-state index contributed by atoms with van der Waals surface area (Å²) in [5, 5.41) is 8.61. The standard InChI is InChI=1S/C11H17O4.3C4H9.Sn/c1-2-11(14)15-9-7-5-3-4-6-8-10(12)13;3*1-3-4-2;/h1-2H,3-9H2,(H,12,13);3*1,3-4H2,2H3;. The fourth-order valence-corrected chi connectivity index (χ4v) is 17.6. The number of carboxylic acid groups (broad SMARTS) is 1. The number of esters is 1. The molecule has 5 heteroatoms. The van der Waals surface area contributed by atoms with Gasteiger partial charge < -0.3 is 5.11 Å². The summed E-state index contributed by atoms with van der Waals surface area (Å²) >= 11 is -2.39. The fourth-order valence-electron chi connectivity index (χ4n) is 3.59. The van der Waals surface area contributed by atoms with Crippen LogP contribution < -0.4 is 0 Å². The quantitative estimate of drug-likeness (QED) is 0.0902. The summed E-state index contributed by atoms with van der Waals surface area (Å²) < 4.78 is 11.9. The number of aliphatic carboxylic acids is 1. The molecule has 164 valence electrons. The van der Waals surface area contributed by atoms with Crippen molar-refractivity contribution in [1.29, 1.82) is 0 Å². The average molecular weight is 503 g/mol. The Kier molecular flexibility index (Phi) is 18.2. The van der Waals surface area contributed by atoms with E-state index in [1.54, 1.807) is 6.08 Å². The molecule has 0 saturated heterocycles. The van der Waals surface area contributed by atoms with Gasteiger partial charge in [0.1, 0.15) is 0 Å². The molecule has 0 amide bonds. The Balaban J connectivity index is 4.35. The number of ether oxygens (including phenoxy) is 1. The Hall–Kier alpha value is -0.521. The first-order valence-electron chi connectivity index (χ1n) is 11.6. The number of rotatable bonds is 19. The van der Waals surface area contributed by atoms with E-state index < -0.39 is 24.3 Å². The monoisotopic (exact) mass is 504 g/mol. The molecule has 0 bridgehead atoms. The van der Waals surface area contributed by atoms with Crippen LogP contribution >= 0.6 is 0 Å². The summed E-state index contributed by atoms with van der Waals surface area (Å²) in [6.07, 6.45) is 14.2. The number of carboxylic acids is 1. The van der Waals surface area contributed by atoms with E-state index in [4.69, 9.17) is 9.84 Å². The summed E-state index contributed by atoms with van der Waals surface area (Å²) in [4.78, 5) is 22.6. The number of hydrogen-bond donors (Lipinski definition) is 1. The van der Waals surface area contributed by atoms with Gasteiger partial charge in [-0.05, 0) is 0 Å². The van der Waals surface area contributed by atoms with Crippen LogP contribution in [0.15, 0.2) is 10.2 Å². The summed E-state index contributed by atoms with van der Waals surface area (Å²) in [7, 11) is 0. The molecule has 1 N–H and O–H groups in total. The van der Waals surface area contributed by atoms with E-state index in [-0.39, 0.29) is 12.4 Å². The Morgan fingerprint density at radius 1 is 0.786 bits per heavy atom. The Bertz CT molecular complexity index is 413. The molecular weight excluding hydrogens is 459 g/mol. The van der Waals surface area contributed by atoms with Gasteiger partial charge in [0, 0.05) is 0 Å². The summed E-state index contributed by atoms with van der Waals surface area (Å²) in [6, 6.07) is 0. The van der Waals surface area contributed by atoms with Gasteiger partial charge in [0.15, 0.2) is 0 Å². The van der Waals surface area contributed by atoms with Crippen LogP contribution in [-0.4, -0.2) is 42.0 Å². The summed E-state index contributed by atoms with van der Waals surface area (Å²) in [5.41, 5.74) is 0. The van der Waals surface area contributed by atoms with Gasteiger partial charge >= 0.3 is 168 Å². The van der Waals surface area contributed by atoms with E-state index in [9.17, 15) is 9.59 Å². The molecule has 0 radical (unpaired) electrons. The van der Waals surface area contributed by atoms with Crippen molar-refractivity contribution in [3.63, 3.8) is 0 Å².